The van der Waals surface area contributed by atoms with Gasteiger partial charge in [-0.15, -0.1) is 0 Å². The van der Waals surface area contributed by atoms with Crippen molar-refractivity contribution < 1.29 is 9.13 Å². The standard InChI is InChI=1S/C16H27FN2O/c1-5-6-7-8-9-20-15-13(10-14(17)12-18-15)11-19-16(2,3)4/h10,12,19H,5-9,11H2,1-4H3. The fourth-order valence-electron chi connectivity index (χ4n) is 1.78. The van der Waals surface area contributed by atoms with Crippen LogP contribution in [0.15, 0.2) is 12.3 Å². The highest BCUT2D eigenvalue weighted by Gasteiger charge is 2.12. The van der Waals surface area contributed by atoms with Crippen LogP contribution in [0.3, 0.4) is 0 Å². The van der Waals surface area contributed by atoms with Gasteiger partial charge in [-0.1, -0.05) is 26.2 Å². The summed E-state index contributed by atoms with van der Waals surface area (Å²) in [5.74, 6) is 0.216. The quantitative estimate of drug-likeness (QED) is 0.730. The molecule has 1 aromatic rings. The molecule has 1 rings (SSSR count). The molecule has 1 N–H and O–H groups in total. The van der Waals surface area contributed by atoms with E-state index in [0.29, 0.717) is 19.0 Å². The Kier molecular flexibility index (Phi) is 6.93. The molecule has 0 aliphatic heterocycles. The highest BCUT2D eigenvalue weighted by Crippen LogP contribution is 2.17. The molecule has 0 unspecified atom stereocenters. The summed E-state index contributed by atoms with van der Waals surface area (Å²) in [4.78, 5) is 4.06. The molecule has 0 saturated carbocycles. The predicted molar refractivity (Wildman–Crippen MR) is 80.4 cm³/mol. The Bertz CT molecular complexity index is 402. The van der Waals surface area contributed by atoms with Gasteiger partial charge in [-0.2, -0.15) is 0 Å². The molecule has 0 radical (unpaired) electrons. The van der Waals surface area contributed by atoms with E-state index in [0.717, 1.165) is 18.4 Å². The van der Waals surface area contributed by atoms with Crippen LogP contribution in [0.5, 0.6) is 5.88 Å². The Balaban J connectivity index is 2.56. The van der Waals surface area contributed by atoms with Crippen molar-refractivity contribution in [2.45, 2.75) is 65.5 Å². The van der Waals surface area contributed by atoms with E-state index in [9.17, 15) is 4.39 Å². The zero-order chi connectivity index (χ0) is 15.0. The van der Waals surface area contributed by atoms with E-state index in [-0.39, 0.29) is 11.4 Å². The molecule has 3 nitrogen and oxygen atoms in total. The van der Waals surface area contributed by atoms with Crippen molar-refractivity contribution in [2.24, 2.45) is 0 Å². The largest absolute Gasteiger partial charge is 0.477 e. The lowest BCUT2D eigenvalue weighted by molar-refractivity contribution is 0.287. The third kappa shape index (κ3) is 6.85. The predicted octanol–water partition coefficient (Wildman–Crippen LogP) is 4.07. The van der Waals surface area contributed by atoms with Crippen molar-refractivity contribution >= 4 is 0 Å². The van der Waals surface area contributed by atoms with Crippen LogP contribution in [0, 0.1) is 5.82 Å². The van der Waals surface area contributed by atoms with Gasteiger partial charge in [0.2, 0.25) is 5.88 Å². The normalized spacial score (nSPS) is 11.7. The molecule has 0 aromatic carbocycles. The zero-order valence-corrected chi connectivity index (χ0v) is 13.1. The molecule has 1 aromatic heterocycles. The van der Waals surface area contributed by atoms with Gasteiger partial charge in [0.1, 0.15) is 5.82 Å². The highest BCUT2D eigenvalue weighted by atomic mass is 19.1. The summed E-state index contributed by atoms with van der Waals surface area (Å²) in [7, 11) is 0. The topological polar surface area (TPSA) is 34.1 Å². The van der Waals surface area contributed by atoms with Crippen LogP contribution in [0.1, 0.15) is 58.9 Å². The average molecular weight is 282 g/mol. The number of rotatable bonds is 8. The number of hydrogen-bond acceptors (Lipinski definition) is 3. The van der Waals surface area contributed by atoms with Crippen LogP contribution >= 0.6 is 0 Å². The molecule has 0 bridgehead atoms. The van der Waals surface area contributed by atoms with Crippen molar-refractivity contribution in [1.29, 1.82) is 0 Å². The zero-order valence-electron chi connectivity index (χ0n) is 13.1. The van der Waals surface area contributed by atoms with Crippen LogP contribution in [-0.2, 0) is 6.54 Å². The third-order valence-corrected chi connectivity index (χ3v) is 2.94. The van der Waals surface area contributed by atoms with Gasteiger partial charge in [-0.05, 0) is 33.3 Å². The lowest BCUT2D eigenvalue weighted by Crippen LogP contribution is -2.35. The summed E-state index contributed by atoms with van der Waals surface area (Å²) >= 11 is 0. The summed E-state index contributed by atoms with van der Waals surface area (Å²) < 4.78 is 19.0. The smallest absolute Gasteiger partial charge is 0.218 e. The minimum absolute atomic E-state index is 0.0231. The maximum absolute atomic E-state index is 13.3. The minimum atomic E-state index is -0.325. The number of nitrogens with one attached hydrogen (secondary N) is 1. The molecular formula is C16H27FN2O. The Morgan fingerprint density at radius 1 is 1.25 bits per heavy atom. The number of pyridine rings is 1. The second-order valence-corrected chi connectivity index (χ2v) is 6.13. The number of aromatic nitrogens is 1. The second kappa shape index (κ2) is 8.20. The molecule has 4 heteroatoms. The molecule has 20 heavy (non-hydrogen) atoms. The van der Waals surface area contributed by atoms with Gasteiger partial charge >= 0.3 is 0 Å². The molecule has 0 amide bonds. The first-order chi connectivity index (χ1) is 9.42. The lowest BCUT2D eigenvalue weighted by Gasteiger charge is -2.21. The van der Waals surface area contributed by atoms with E-state index >= 15 is 0 Å². The lowest BCUT2D eigenvalue weighted by atomic mass is 10.1. The van der Waals surface area contributed by atoms with Crippen molar-refractivity contribution in [2.75, 3.05) is 6.61 Å². The van der Waals surface area contributed by atoms with E-state index in [1.165, 1.54) is 25.1 Å². The first kappa shape index (κ1) is 16.9. The maximum atomic E-state index is 13.3. The summed E-state index contributed by atoms with van der Waals surface area (Å²) in [5.41, 5.74) is 0.750. The van der Waals surface area contributed by atoms with E-state index < -0.39 is 0 Å². The molecule has 0 saturated heterocycles. The number of hydrogen-bond donors (Lipinski definition) is 1. The Labute approximate surface area is 121 Å². The highest BCUT2D eigenvalue weighted by molar-refractivity contribution is 5.26. The van der Waals surface area contributed by atoms with Gasteiger partial charge in [0.15, 0.2) is 0 Å². The van der Waals surface area contributed by atoms with Crippen LogP contribution < -0.4 is 10.1 Å². The van der Waals surface area contributed by atoms with Gasteiger partial charge in [-0.25, -0.2) is 9.37 Å². The molecule has 0 fully saturated rings. The van der Waals surface area contributed by atoms with E-state index in [1.807, 2.05) is 0 Å². The third-order valence-electron chi connectivity index (χ3n) is 2.94. The van der Waals surface area contributed by atoms with Gasteiger partial charge in [0, 0.05) is 17.6 Å². The van der Waals surface area contributed by atoms with Crippen molar-refractivity contribution in [1.82, 2.24) is 10.3 Å². The number of ether oxygens (including phenoxy) is 1. The van der Waals surface area contributed by atoms with E-state index in [4.69, 9.17) is 4.74 Å². The molecule has 114 valence electrons. The first-order valence-corrected chi connectivity index (χ1v) is 7.44. The molecule has 1 heterocycles. The van der Waals surface area contributed by atoms with Crippen LogP contribution in [0.4, 0.5) is 4.39 Å². The van der Waals surface area contributed by atoms with Gasteiger partial charge < -0.3 is 10.1 Å². The molecule has 0 atom stereocenters. The maximum Gasteiger partial charge on any atom is 0.218 e. The molecular weight excluding hydrogens is 255 g/mol. The number of halogens is 1. The van der Waals surface area contributed by atoms with Crippen LogP contribution in [0.2, 0.25) is 0 Å². The Hall–Kier alpha value is -1.16. The van der Waals surface area contributed by atoms with E-state index in [2.05, 4.69) is 38.0 Å². The second-order valence-electron chi connectivity index (χ2n) is 6.13. The first-order valence-electron chi connectivity index (χ1n) is 7.44. The fraction of sp³-hybridized carbons (Fsp3) is 0.688. The number of unbranched alkanes of at least 4 members (excludes halogenated alkanes) is 3. The van der Waals surface area contributed by atoms with Crippen molar-refractivity contribution in [3.05, 3.63) is 23.6 Å². The summed E-state index contributed by atoms with van der Waals surface area (Å²) in [6.07, 6.45) is 5.81. The van der Waals surface area contributed by atoms with Gasteiger partial charge in [0.05, 0.1) is 12.8 Å². The SMILES string of the molecule is CCCCCCOc1ncc(F)cc1CNC(C)(C)C. The average Bonchev–Trinajstić information content (AvgIpc) is 2.37. The monoisotopic (exact) mass is 282 g/mol. The fourth-order valence-corrected chi connectivity index (χ4v) is 1.78. The van der Waals surface area contributed by atoms with Gasteiger partial charge in [0.25, 0.3) is 0 Å². The summed E-state index contributed by atoms with van der Waals surface area (Å²) in [6.45, 7) is 9.60. The van der Waals surface area contributed by atoms with Crippen molar-refractivity contribution in [3.63, 3.8) is 0 Å². The van der Waals surface area contributed by atoms with Gasteiger partial charge in [-0.3, -0.25) is 0 Å². The van der Waals surface area contributed by atoms with Crippen molar-refractivity contribution in [3.8, 4) is 5.88 Å². The Morgan fingerprint density at radius 2 is 2.00 bits per heavy atom. The molecule has 0 spiro atoms. The van der Waals surface area contributed by atoms with Crippen LogP contribution in [-0.4, -0.2) is 17.1 Å². The Morgan fingerprint density at radius 3 is 2.65 bits per heavy atom. The molecule has 0 aliphatic rings. The van der Waals surface area contributed by atoms with Crippen LogP contribution in [0.25, 0.3) is 0 Å². The summed E-state index contributed by atoms with van der Waals surface area (Å²) in [5, 5.41) is 3.33. The number of nitrogens with zero attached hydrogens (tertiary/aromatic N) is 1. The summed E-state index contributed by atoms with van der Waals surface area (Å²) in [6, 6.07) is 1.49. The minimum Gasteiger partial charge on any atom is -0.477 e. The molecule has 0 aliphatic carbocycles. The van der Waals surface area contributed by atoms with E-state index in [1.54, 1.807) is 0 Å².